The van der Waals surface area contributed by atoms with Crippen LogP contribution in [0.5, 0.6) is 0 Å². The van der Waals surface area contributed by atoms with E-state index in [4.69, 9.17) is 0 Å². The number of nitrogens with zero attached hydrogens (tertiary/aromatic N) is 6. The third kappa shape index (κ3) is 3.85. The molecular formula is C20H23N7O. The zero-order valence-corrected chi connectivity index (χ0v) is 15.8. The van der Waals surface area contributed by atoms with Gasteiger partial charge in [-0.05, 0) is 30.9 Å². The number of rotatable bonds is 5. The summed E-state index contributed by atoms with van der Waals surface area (Å²) < 4.78 is 1.61. The van der Waals surface area contributed by atoms with E-state index in [-0.39, 0.29) is 11.8 Å². The van der Waals surface area contributed by atoms with E-state index in [1.165, 1.54) is 12.7 Å². The minimum atomic E-state index is 0.0118. The summed E-state index contributed by atoms with van der Waals surface area (Å²) in [5.74, 6) is 1.64. The first-order valence-corrected chi connectivity index (χ1v) is 9.55. The highest BCUT2D eigenvalue weighted by molar-refractivity contribution is 5.93. The standard InChI is InChI=1S/C20H23N7O/c1-2-15-5-3-4-6-17(15)25-20(28)16-7-9-26(10-8-16)18-11-19(23-13-22-18)27-14-21-12-24-27/h3-6,11-14,16H,2,7-10H2,1H3,(H,25,28). The Bertz CT molecular complexity index is 933. The lowest BCUT2D eigenvalue weighted by Gasteiger charge is -2.32. The summed E-state index contributed by atoms with van der Waals surface area (Å²) in [6.45, 7) is 3.65. The first kappa shape index (κ1) is 18.1. The maximum absolute atomic E-state index is 12.7. The minimum absolute atomic E-state index is 0.0118. The van der Waals surface area contributed by atoms with Crippen LogP contribution in [0.3, 0.4) is 0 Å². The van der Waals surface area contributed by atoms with Crippen LogP contribution in [-0.4, -0.2) is 43.7 Å². The van der Waals surface area contributed by atoms with Crippen LogP contribution >= 0.6 is 0 Å². The first-order valence-electron chi connectivity index (χ1n) is 9.55. The molecule has 0 aliphatic carbocycles. The van der Waals surface area contributed by atoms with E-state index in [0.717, 1.165) is 49.4 Å². The van der Waals surface area contributed by atoms with Gasteiger partial charge in [0.25, 0.3) is 0 Å². The Balaban J connectivity index is 1.38. The van der Waals surface area contributed by atoms with E-state index in [2.05, 4.69) is 43.3 Å². The molecule has 1 amide bonds. The number of piperidine rings is 1. The Hall–Kier alpha value is -3.29. The summed E-state index contributed by atoms with van der Waals surface area (Å²) in [5.41, 5.74) is 2.08. The molecule has 144 valence electrons. The molecule has 1 aliphatic rings. The topological polar surface area (TPSA) is 88.8 Å². The van der Waals surface area contributed by atoms with Crippen molar-refractivity contribution in [1.29, 1.82) is 0 Å². The number of para-hydroxylation sites is 1. The molecule has 4 rings (SSSR count). The predicted octanol–water partition coefficient (Wildman–Crippen LogP) is 2.47. The summed E-state index contributed by atoms with van der Waals surface area (Å²) in [6.07, 6.45) is 7.11. The highest BCUT2D eigenvalue weighted by Gasteiger charge is 2.26. The van der Waals surface area contributed by atoms with Crippen LogP contribution in [0, 0.1) is 5.92 Å². The van der Waals surface area contributed by atoms with Gasteiger partial charge in [-0.1, -0.05) is 25.1 Å². The monoisotopic (exact) mass is 377 g/mol. The number of anilines is 2. The molecule has 2 aromatic heterocycles. The largest absolute Gasteiger partial charge is 0.356 e. The molecule has 8 heteroatoms. The van der Waals surface area contributed by atoms with Gasteiger partial charge in [-0.3, -0.25) is 4.79 Å². The molecule has 0 saturated carbocycles. The van der Waals surface area contributed by atoms with Gasteiger partial charge >= 0.3 is 0 Å². The molecular weight excluding hydrogens is 354 g/mol. The number of hydrogen-bond donors (Lipinski definition) is 1. The number of aromatic nitrogens is 5. The van der Waals surface area contributed by atoms with Crippen molar-refractivity contribution < 1.29 is 4.79 Å². The molecule has 0 spiro atoms. The smallest absolute Gasteiger partial charge is 0.227 e. The SMILES string of the molecule is CCc1ccccc1NC(=O)C1CCN(c2cc(-n3cncn3)ncn2)CC1. The molecule has 3 heterocycles. The molecule has 1 aromatic carbocycles. The Morgan fingerprint density at radius 3 is 2.68 bits per heavy atom. The van der Waals surface area contributed by atoms with E-state index >= 15 is 0 Å². The second-order valence-electron chi connectivity index (χ2n) is 6.84. The van der Waals surface area contributed by atoms with Crippen LogP contribution in [0.2, 0.25) is 0 Å². The molecule has 28 heavy (non-hydrogen) atoms. The molecule has 0 unspecified atom stereocenters. The van der Waals surface area contributed by atoms with Crippen LogP contribution < -0.4 is 10.2 Å². The van der Waals surface area contributed by atoms with Gasteiger partial charge in [-0.2, -0.15) is 5.10 Å². The fourth-order valence-electron chi connectivity index (χ4n) is 3.52. The Morgan fingerprint density at radius 1 is 1.14 bits per heavy atom. The van der Waals surface area contributed by atoms with Crippen LogP contribution in [0.25, 0.3) is 5.82 Å². The summed E-state index contributed by atoms with van der Waals surface area (Å²) in [4.78, 5) is 27.5. The average Bonchev–Trinajstić information content (AvgIpc) is 3.29. The van der Waals surface area contributed by atoms with E-state index < -0.39 is 0 Å². The van der Waals surface area contributed by atoms with Crippen molar-refractivity contribution in [3.8, 4) is 5.82 Å². The number of carbonyl (C=O) groups is 1. The fraction of sp³-hybridized carbons (Fsp3) is 0.350. The van der Waals surface area contributed by atoms with E-state index in [9.17, 15) is 4.79 Å². The number of amides is 1. The normalized spacial score (nSPS) is 14.8. The molecule has 0 radical (unpaired) electrons. The fourth-order valence-corrected chi connectivity index (χ4v) is 3.52. The van der Waals surface area contributed by atoms with Crippen molar-refractivity contribution in [1.82, 2.24) is 24.7 Å². The maximum Gasteiger partial charge on any atom is 0.227 e. The van der Waals surface area contributed by atoms with Crippen LogP contribution in [-0.2, 0) is 11.2 Å². The van der Waals surface area contributed by atoms with Gasteiger partial charge in [-0.25, -0.2) is 19.6 Å². The molecule has 0 bridgehead atoms. The Kier molecular flexibility index (Phi) is 5.27. The molecule has 3 aromatic rings. The Labute approximate surface area is 163 Å². The van der Waals surface area contributed by atoms with Gasteiger partial charge < -0.3 is 10.2 Å². The van der Waals surface area contributed by atoms with Gasteiger partial charge in [-0.15, -0.1) is 0 Å². The number of hydrogen-bond acceptors (Lipinski definition) is 6. The summed E-state index contributed by atoms with van der Waals surface area (Å²) in [7, 11) is 0. The molecule has 1 aliphatic heterocycles. The number of benzene rings is 1. The lowest BCUT2D eigenvalue weighted by molar-refractivity contribution is -0.120. The molecule has 1 saturated heterocycles. The zero-order chi connectivity index (χ0) is 19.3. The quantitative estimate of drug-likeness (QED) is 0.735. The summed E-state index contributed by atoms with van der Waals surface area (Å²) in [5, 5.41) is 7.22. The van der Waals surface area contributed by atoms with Crippen LogP contribution in [0.1, 0.15) is 25.3 Å². The highest BCUT2D eigenvalue weighted by Crippen LogP contribution is 2.24. The highest BCUT2D eigenvalue weighted by atomic mass is 16.1. The predicted molar refractivity (Wildman–Crippen MR) is 106 cm³/mol. The second-order valence-corrected chi connectivity index (χ2v) is 6.84. The zero-order valence-electron chi connectivity index (χ0n) is 15.8. The molecule has 1 fully saturated rings. The van der Waals surface area contributed by atoms with Gasteiger partial charge in [0.15, 0.2) is 5.82 Å². The summed E-state index contributed by atoms with van der Waals surface area (Å²) >= 11 is 0. The van der Waals surface area contributed by atoms with Crippen molar-refractivity contribution in [3.63, 3.8) is 0 Å². The molecule has 0 atom stereocenters. The second kappa shape index (κ2) is 8.16. The summed E-state index contributed by atoms with van der Waals surface area (Å²) in [6, 6.07) is 9.88. The first-order chi connectivity index (χ1) is 13.7. The maximum atomic E-state index is 12.7. The van der Waals surface area contributed by atoms with Gasteiger partial charge in [0.05, 0.1) is 0 Å². The molecule has 1 N–H and O–H groups in total. The number of carbonyl (C=O) groups excluding carboxylic acids is 1. The van der Waals surface area contributed by atoms with Crippen molar-refractivity contribution in [2.45, 2.75) is 26.2 Å². The van der Waals surface area contributed by atoms with Crippen LogP contribution in [0.15, 0.2) is 49.3 Å². The molecule has 8 nitrogen and oxygen atoms in total. The lowest BCUT2D eigenvalue weighted by Crippen LogP contribution is -2.38. The van der Waals surface area contributed by atoms with Crippen molar-refractivity contribution >= 4 is 17.4 Å². The van der Waals surface area contributed by atoms with Crippen LogP contribution in [0.4, 0.5) is 11.5 Å². The number of aryl methyl sites for hydroxylation is 1. The van der Waals surface area contributed by atoms with E-state index in [1.54, 1.807) is 11.0 Å². The average molecular weight is 377 g/mol. The van der Waals surface area contributed by atoms with E-state index in [1.807, 2.05) is 24.3 Å². The lowest BCUT2D eigenvalue weighted by atomic mass is 9.95. The van der Waals surface area contributed by atoms with E-state index in [0.29, 0.717) is 5.82 Å². The number of nitrogens with one attached hydrogen (secondary N) is 1. The van der Waals surface area contributed by atoms with Gasteiger partial charge in [0.1, 0.15) is 24.8 Å². The minimum Gasteiger partial charge on any atom is -0.356 e. The van der Waals surface area contributed by atoms with Crippen molar-refractivity contribution in [2.24, 2.45) is 5.92 Å². The van der Waals surface area contributed by atoms with Gasteiger partial charge in [0.2, 0.25) is 5.91 Å². The van der Waals surface area contributed by atoms with Gasteiger partial charge in [0, 0.05) is 30.8 Å². The van der Waals surface area contributed by atoms with Crippen molar-refractivity contribution in [2.75, 3.05) is 23.3 Å². The third-order valence-electron chi connectivity index (χ3n) is 5.14. The third-order valence-corrected chi connectivity index (χ3v) is 5.14. The Morgan fingerprint density at radius 2 is 1.93 bits per heavy atom. The van der Waals surface area contributed by atoms with Crippen molar-refractivity contribution in [3.05, 3.63) is 54.9 Å².